The van der Waals surface area contributed by atoms with Gasteiger partial charge in [-0.05, 0) is 12.8 Å². The van der Waals surface area contributed by atoms with E-state index < -0.39 is 7.60 Å². The summed E-state index contributed by atoms with van der Waals surface area (Å²) >= 11 is 0. The minimum atomic E-state index is -2.95. The second-order valence-corrected chi connectivity index (χ2v) is 8.43. The van der Waals surface area contributed by atoms with E-state index in [1.807, 2.05) is 21.6 Å². The maximum absolute atomic E-state index is 11.7. The molecule has 0 amide bonds. The first-order chi connectivity index (χ1) is 8.62. The molecule has 1 unspecified atom stereocenters. The van der Waals surface area contributed by atoms with Gasteiger partial charge < -0.3 is 13.9 Å². The third-order valence-electron chi connectivity index (χ3n) is 1.89. The monoisotopic (exact) mass is 311 g/mol. The molecule has 106 valence electrons. The van der Waals surface area contributed by atoms with Crippen LogP contribution in [0.1, 0.15) is 26.2 Å². The van der Waals surface area contributed by atoms with Gasteiger partial charge >= 0.3 is 7.60 Å². The molecule has 0 bridgehead atoms. The van der Waals surface area contributed by atoms with Crippen LogP contribution in [-0.2, 0) is 13.6 Å². The van der Waals surface area contributed by atoms with E-state index in [1.54, 1.807) is 0 Å². The van der Waals surface area contributed by atoms with Gasteiger partial charge in [0.2, 0.25) is 6.54 Å². The van der Waals surface area contributed by atoms with Gasteiger partial charge in [-0.3, -0.25) is 4.57 Å². The smallest absolute Gasteiger partial charge is 0.314 e. The van der Waals surface area contributed by atoms with E-state index >= 15 is 0 Å². The van der Waals surface area contributed by atoms with Crippen LogP contribution in [0.3, 0.4) is 0 Å². The van der Waals surface area contributed by atoms with Crippen LogP contribution in [0.2, 0.25) is 0 Å². The highest BCUT2D eigenvalue weighted by Gasteiger charge is 2.16. The lowest BCUT2D eigenvalue weighted by molar-refractivity contribution is 0.216. The highest BCUT2D eigenvalue weighted by Crippen LogP contribution is 2.43. The lowest BCUT2D eigenvalue weighted by atomic mass is 10.4. The van der Waals surface area contributed by atoms with Crippen LogP contribution in [0.15, 0.2) is 0 Å². The molecule has 0 aliphatic carbocycles. The van der Waals surface area contributed by atoms with Crippen LogP contribution in [0.5, 0.6) is 0 Å². The lowest BCUT2D eigenvalue weighted by Gasteiger charge is -2.12. The molecule has 0 aliphatic rings. The summed E-state index contributed by atoms with van der Waals surface area (Å²) in [7, 11) is 0.764. The molecule has 0 saturated heterocycles. The SMILES string of the molecule is [C-]#[N+]CCOP(C)(=O)OCCCSSCCCC. The van der Waals surface area contributed by atoms with Crippen LogP contribution in [-0.4, -0.2) is 37.9 Å². The second-order valence-electron chi connectivity index (χ2n) is 3.67. The zero-order valence-electron chi connectivity index (χ0n) is 11.1. The Bertz CT molecular complexity index is 284. The molecule has 0 fully saturated rings. The van der Waals surface area contributed by atoms with E-state index in [1.165, 1.54) is 25.3 Å². The standard InChI is InChI=1S/C11H22NO3PS2/c1-4-5-10-17-18-11-6-8-14-16(3,13)15-9-7-12-2/h4-11H2,1,3H3. The van der Waals surface area contributed by atoms with Gasteiger partial charge in [-0.1, -0.05) is 34.9 Å². The van der Waals surface area contributed by atoms with Crippen molar-refractivity contribution in [3.63, 3.8) is 0 Å². The van der Waals surface area contributed by atoms with Crippen LogP contribution in [0.4, 0.5) is 0 Å². The van der Waals surface area contributed by atoms with Gasteiger partial charge in [0.1, 0.15) is 6.61 Å². The van der Waals surface area contributed by atoms with Crippen molar-refractivity contribution in [2.24, 2.45) is 0 Å². The van der Waals surface area contributed by atoms with E-state index in [-0.39, 0.29) is 13.2 Å². The Hall–Kier alpha value is 0.340. The number of rotatable bonds is 12. The molecule has 0 spiro atoms. The van der Waals surface area contributed by atoms with Crippen LogP contribution in [0.25, 0.3) is 4.85 Å². The van der Waals surface area contributed by atoms with Gasteiger partial charge in [0.05, 0.1) is 6.61 Å². The van der Waals surface area contributed by atoms with Gasteiger partial charge in [-0.15, -0.1) is 0 Å². The third kappa shape index (κ3) is 12.8. The molecular formula is C11H22NO3PS2. The van der Waals surface area contributed by atoms with Gasteiger partial charge in [0, 0.05) is 18.2 Å². The van der Waals surface area contributed by atoms with Crippen LogP contribution < -0.4 is 0 Å². The third-order valence-corrected chi connectivity index (χ3v) is 5.77. The molecule has 0 aliphatic heterocycles. The fraction of sp³-hybridized carbons (Fsp3) is 0.909. The summed E-state index contributed by atoms with van der Waals surface area (Å²) in [6.45, 7) is 11.1. The minimum absolute atomic E-state index is 0.179. The van der Waals surface area contributed by atoms with Crippen LogP contribution >= 0.6 is 29.2 Å². The Morgan fingerprint density at radius 2 is 1.78 bits per heavy atom. The largest absolute Gasteiger partial charge is 0.327 e. The Labute approximate surface area is 118 Å². The molecule has 7 heteroatoms. The normalized spacial score (nSPS) is 14.1. The summed E-state index contributed by atoms with van der Waals surface area (Å²) in [6, 6.07) is 0. The molecule has 0 radical (unpaired) electrons. The van der Waals surface area contributed by atoms with Crippen molar-refractivity contribution in [1.29, 1.82) is 0 Å². The minimum Gasteiger partial charge on any atom is -0.314 e. The van der Waals surface area contributed by atoms with Gasteiger partial charge in [0.25, 0.3) is 0 Å². The highest BCUT2D eigenvalue weighted by atomic mass is 33.1. The molecular weight excluding hydrogens is 289 g/mol. The van der Waals surface area contributed by atoms with E-state index in [2.05, 4.69) is 11.8 Å². The predicted octanol–water partition coefficient (Wildman–Crippen LogP) is 4.33. The Morgan fingerprint density at radius 3 is 2.39 bits per heavy atom. The van der Waals surface area contributed by atoms with E-state index in [0.717, 1.165) is 12.2 Å². The van der Waals surface area contributed by atoms with Gasteiger partial charge in [0.15, 0.2) is 0 Å². The topological polar surface area (TPSA) is 39.9 Å². The van der Waals surface area contributed by atoms with Crippen molar-refractivity contribution in [3.8, 4) is 0 Å². The van der Waals surface area contributed by atoms with E-state index in [0.29, 0.717) is 6.61 Å². The molecule has 0 aromatic rings. The number of hydrogen-bond donors (Lipinski definition) is 0. The summed E-state index contributed by atoms with van der Waals surface area (Å²) in [6.07, 6.45) is 3.36. The average molecular weight is 311 g/mol. The van der Waals surface area contributed by atoms with Gasteiger partial charge in [-0.25, -0.2) is 6.57 Å². The zero-order valence-corrected chi connectivity index (χ0v) is 13.6. The lowest BCUT2D eigenvalue weighted by Crippen LogP contribution is -2.00. The fourth-order valence-corrected chi connectivity index (χ4v) is 4.20. The quantitative estimate of drug-likeness (QED) is 0.232. The molecule has 1 atom stereocenters. The van der Waals surface area contributed by atoms with Crippen LogP contribution in [0, 0.1) is 6.57 Å². The van der Waals surface area contributed by atoms with Crippen molar-refractivity contribution >= 4 is 29.2 Å². The van der Waals surface area contributed by atoms with Crippen molar-refractivity contribution in [1.82, 2.24) is 0 Å². The van der Waals surface area contributed by atoms with Crippen molar-refractivity contribution in [3.05, 3.63) is 11.4 Å². The molecule has 0 aromatic carbocycles. The summed E-state index contributed by atoms with van der Waals surface area (Å²) in [5, 5.41) is 0. The Kier molecular flexibility index (Phi) is 12.6. The molecule has 0 heterocycles. The Balaban J connectivity index is 3.36. The van der Waals surface area contributed by atoms with Crippen molar-refractivity contribution < 1.29 is 13.6 Å². The molecule has 0 rings (SSSR count). The number of unbranched alkanes of at least 4 members (excludes halogenated alkanes) is 1. The second kappa shape index (κ2) is 12.4. The maximum Gasteiger partial charge on any atom is 0.327 e. The summed E-state index contributed by atoms with van der Waals surface area (Å²) in [5.41, 5.74) is 0. The van der Waals surface area contributed by atoms with Crippen molar-refractivity contribution in [2.45, 2.75) is 26.2 Å². The summed E-state index contributed by atoms with van der Waals surface area (Å²) in [4.78, 5) is 3.13. The van der Waals surface area contributed by atoms with E-state index in [9.17, 15) is 4.57 Å². The first-order valence-electron chi connectivity index (χ1n) is 6.06. The highest BCUT2D eigenvalue weighted by molar-refractivity contribution is 8.76. The molecule has 0 saturated carbocycles. The first kappa shape index (κ1) is 18.3. The van der Waals surface area contributed by atoms with E-state index in [4.69, 9.17) is 15.6 Å². The maximum atomic E-state index is 11.7. The number of hydrogen-bond acceptors (Lipinski definition) is 5. The number of nitrogens with zero attached hydrogens (tertiary/aromatic N) is 1. The van der Waals surface area contributed by atoms with Gasteiger partial charge in [-0.2, -0.15) is 0 Å². The molecule has 18 heavy (non-hydrogen) atoms. The molecule has 4 nitrogen and oxygen atoms in total. The zero-order chi connectivity index (χ0) is 13.7. The summed E-state index contributed by atoms with van der Waals surface area (Å²) in [5.74, 6) is 2.18. The molecule has 0 N–H and O–H groups in total. The molecule has 0 aromatic heterocycles. The average Bonchev–Trinajstić information content (AvgIpc) is 2.33. The Morgan fingerprint density at radius 1 is 1.17 bits per heavy atom. The van der Waals surface area contributed by atoms with Crippen molar-refractivity contribution in [2.75, 3.05) is 37.9 Å². The first-order valence-corrected chi connectivity index (χ1v) is 10.5. The summed E-state index contributed by atoms with van der Waals surface area (Å²) < 4.78 is 22.0. The fourth-order valence-electron chi connectivity index (χ4n) is 0.959. The predicted molar refractivity (Wildman–Crippen MR) is 81.3 cm³/mol.